The summed E-state index contributed by atoms with van der Waals surface area (Å²) in [5.41, 5.74) is 5.45. The molecule has 0 amide bonds. The predicted molar refractivity (Wildman–Crippen MR) is 142 cm³/mol. The molecular formula is C30H37N3O. The third-order valence-corrected chi connectivity index (χ3v) is 6.75. The third kappa shape index (κ3) is 5.85. The van der Waals surface area contributed by atoms with E-state index in [9.17, 15) is 5.11 Å². The number of fused-ring (bicyclic) bond motifs is 1. The monoisotopic (exact) mass is 455 g/mol. The smallest absolute Gasteiger partial charge is 0.146 e. The summed E-state index contributed by atoms with van der Waals surface area (Å²) in [4.78, 5) is 1.58. The Balaban J connectivity index is 1.55. The van der Waals surface area contributed by atoms with Crippen molar-refractivity contribution in [2.75, 3.05) is 0 Å². The number of hydrogen-bond acceptors (Lipinski definition) is 3. The Morgan fingerprint density at radius 1 is 0.735 bits per heavy atom. The van der Waals surface area contributed by atoms with E-state index in [1.807, 2.05) is 48.5 Å². The molecule has 0 bridgehead atoms. The first kappa shape index (κ1) is 24.0. The van der Waals surface area contributed by atoms with Gasteiger partial charge >= 0.3 is 0 Å². The number of hydrogen-bond donors (Lipinski definition) is 1. The molecule has 0 aliphatic rings. The van der Waals surface area contributed by atoms with Gasteiger partial charge < -0.3 is 5.11 Å². The number of phenols is 1. The van der Waals surface area contributed by atoms with Crippen LogP contribution in [0.5, 0.6) is 5.75 Å². The molecule has 1 atom stereocenters. The van der Waals surface area contributed by atoms with Crippen LogP contribution in [0.15, 0.2) is 66.7 Å². The first-order chi connectivity index (χ1) is 16.7. The average Bonchev–Trinajstić information content (AvgIpc) is 3.30. The Morgan fingerprint density at radius 2 is 1.32 bits per heavy atom. The number of nitrogens with zero attached hydrogens (tertiary/aromatic N) is 3. The second-order valence-electron chi connectivity index (χ2n) is 9.44. The largest absolute Gasteiger partial charge is 0.505 e. The molecule has 1 aromatic heterocycles. The lowest BCUT2D eigenvalue weighted by molar-refractivity contribution is 0.450. The van der Waals surface area contributed by atoms with E-state index in [0.29, 0.717) is 5.69 Å². The molecule has 178 valence electrons. The van der Waals surface area contributed by atoms with Crippen molar-refractivity contribution < 1.29 is 5.11 Å². The molecule has 1 unspecified atom stereocenters. The van der Waals surface area contributed by atoms with Crippen molar-refractivity contribution in [3.8, 4) is 22.6 Å². The maximum absolute atomic E-state index is 11.3. The van der Waals surface area contributed by atoms with E-state index in [1.54, 1.807) is 4.80 Å². The van der Waals surface area contributed by atoms with Crippen molar-refractivity contribution in [1.82, 2.24) is 15.0 Å². The molecule has 0 aliphatic heterocycles. The van der Waals surface area contributed by atoms with Gasteiger partial charge in [-0.25, -0.2) is 0 Å². The van der Waals surface area contributed by atoms with Crippen LogP contribution in [0.1, 0.15) is 83.1 Å². The number of aromatic hydroxyl groups is 1. The van der Waals surface area contributed by atoms with Crippen molar-refractivity contribution in [3.63, 3.8) is 0 Å². The Morgan fingerprint density at radius 3 is 1.97 bits per heavy atom. The topological polar surface area (TPSA) is 50.9 Å². The van der Waals surface area contributed by atoms with E-state index >= 15 is 0 Å². The van der Waals surface area contributed by atoms with Gasteiger partial charge in [-0.05, 0) is 53.3 Å². The molecule has 34 heavy (non-hydrogen) atoms. The highest BCUT2D eigenvalue weighted by atomic mass is 16.3. The van der Waals surface area contributed by atoms with E-state index in [1.165, 1.54) is 51.4 Å². The summed E-state index contributed by atoms with van der Waals surface area (Å²) in [5.74, 6) is 0.541. The van der Waals surface area contributed by atoms with Gasteiger partial charge in [0.2, 0.25) is 0 Å². The molecule has 1 heterocycles. The third-order valence-electron chi connectivity index (χ3n) is 6.75. The molecular weight excluding hydrogens is 418 g/mol. The molecule has 0 radical (unpaired) electrons. The molecule has 0 saturated heterocycles. The standard InChI is InChI=1S/C30H37N3O/c1-3-4-5-6-7-8-9-11-16-23(2)26-21-25(24-17-12-10-13-18-24)22-29(30(26)34)33-31-27-19-14-15-20-28(27)32-33/h10,12-15,17-23,34H,3-9,11,16H2,1-2H3. The average molecular weight is 456 g/mol. The molecule has 1 N–H and O–H groups in total. The molecule has 4 rings (SSSR count). The summed E-state index contributed by atoms with van der Waals surface area (Å²) in [6.07, 6.45) is 11.5. The van der Waals surface area contributed by atoms with Gasteiger partial charge in [0, 0.05) is 0 Å². The number of benzene rings is 3. The lowest BCUT2D eigenvalue weighted by Crippen LogP contribution is -2.04. The number of phenolic OH excluding ortho intramolecular Hbond substituents is 1. The van der Waals surface area contributed by atoms with Crippen LogP contribution in [-0.2, 0) is 0 Å². The van der Waals surface area contributed by atoms with E-state index in [4.69, 9.17) is 0 Å². The highest BCUT2D eigenvalue weighted by Crippen LogP contribution is 2.38. The Kier molecular flexibility index (Phi) is 8.35. The van der Waals surface area contributed by atoms with Crippen LogP contribution in [0.2, 0.25) is 0 Å². The van der Waals surface area contributed by atoms with Gasteiger partial charge in [-0.1, -0.05) is 108 Å². The van der Waals surface area contributed by atoms with Gasteiger partial charge in [-0.2, -0.15) is 0 Å². The van der Waals surface area contributed by atoms with Crippen molar-refractivity contribution in [2.24, 2.45) is 0 Å². The van der Waals surface area contributed by atoms with Gasteiger partial charge in [0.1, 0.15) is 22.5 Å². The van der Waals surface area contributed by atoms with Crippen LogP contribution in [0, 0.1) is 0 Å². The molecule has 3 aromatic carbocycles. The molecule has 0 aliphatic carbocycles. The van der Waals surface area contributed by atoms with Crippen LogP contribution >= 0.6 is 0 Å². The minimum Gasteiger partial charge on any atom is -0.505 e. The zero-order valence-corrected chi connectivity index (χ0v) is 20.6. The van der Waals surface area contributed by atoms with Crippen molar-refractivity contribution in [3.05, 3.63) is 72.3 Å². The summed E-state index contributed by atoms with van der Waals surface area (Å²) < 4.78 is 0. The van der Waals surface area contributed by atoms with Crippen LogP contribution in [0.4, 0.5) is 0 Å². The molecule has 4 nitrogen and oxygen atoms in total. The van der Waals surface area contributed by atoms with Gasteiger partial charge in [0.05, 0.1) is 0 Å². The van der Waals surface area contributed by atoms with Crippen molar-refractivity contribution in [1.29, 1.82) is 0 Å². The highest BCUT2D eigenvalue weighted by molar-refractivity contribution is 5.75. The normalized spacial score (nSPS) is 12.3. The Labute approximate surface area is 203 Å². The van der Waals surface area contributed by atoms with Crippen LogP contribution in [0.25, 0.3) is 27.8 Å². The fourth-order valence-corrected chi connectivity index (χ4v) is 4.67. The first-order valence-electron chi connectivity index (χ1n) is 12.9. The maximum Gasteiger partial charge on any atom is 0.146 e. The van der Waals surface area contributed by atoms with E-state index < -0.39 is 0 Å². The lowest BCUT2D eigenvalue weighted by Gasteiger charge is -2.18. The van der Waals surface area contributed by atoms with E-state index in [0.717, 1.165) is 34.1 Å². The van der Waals surface area contributed by atoms with Gasteiger partial charge in [-0.3, -0.25) is 0 Å². The molecule has 0 spiro atoms. The molecule has 0 fully saturated rings. The minimum atomic E-state index is 0.257. The van der Waals surface area contributed by atoms with Gasteiger partial charge in [-0.15, -0.1) is 15.0 Å². The summed E-state index contributed by atoms with van der Waals surface area (Å²) >= 11 is 0. The van der Waals surface area contributed by atoms with Crippen LogP contribution in [-0.4, -0.2) is 20.1 Å². The zero-order chi connectivity index (χ0) is 23.8. The van der Waals surface area contributed by atoms with Crippen molar-refractivity contribution >= 4 is 11.0 Å². The lowest BCUT2D eigenvalue weighted by atomic mass is 9.90. The number of aromatic nitrogens is 3. The second-order valence-corrected chi connectivity index (χ2v) is 9.44. The quantitative estimate of drug-likeness (QED) is 0.218. The summed E-state index contributed by atoms with van der Waals surface area (Å²) in [5, 5.41) is 20.6. The van der Waals surface area contributed by atoms with Crippen LogP contribution in [0.3, 0.4) is 0 Å². The molecule has 4 heteroatoms. The fourth-order valence-electron chi connectivity index (χ4n) is 4.67. The van der Waals surface area contributed by atoms with E-state index in [2.05, 4.69) is 42.2 Å². The predicted octanol–water partition coefficient (Wildman–Crippen LogP) is 8.43. The summed E-state index contributed by atoms with van der Waals surface area (Å²) in [7, 11) is 0. The Hall–Kier alpha value is -3.14. The first-order valence-corrected chi connectivity index (χ1v) is 12.9. The highest BCUT2D eigenvalue weighted by Gasteiger charge is 2.19. The Bertz CT molecular complexity index is 1150. The fraction of sp³-hybridized carbons (Fsp3) is 0.400. The zero-order valence-electron chi connectivity index (χ0n) is 20.6. The summed E-state index contributed by atoms with van der Waals surface area (Å²) in [6.45, 7) is 4.49. The van der Waals surface area contributed by atoms with Gasteiger partial charge in [0.15, 0.2) is 0 Å². The number of unbranched alkanes of at least 4 members (excludes halogenated alkanes) is 7. The maximum atomic E-state index is 11.3. The molecule has 0 saturated carbocycles. The number of rotatable bonds is 12. The second kappa shape index (κ2) is 11.8. The SMILES string of the molecule is CCCCCCCCCCC(C)c1cc(-c2ccccc2)cc(-n2nc3ccccc3n2)c1O. The van der Waals surface area contributed by atoms with Crippen LogP contribution < -0.4 is 0 Å². The van der Waals surface area contributed by atoms with E-state index in [-0.39, 0.29) is 11.7 Å². The van der Waals surface area contributed by atoms with Crippen molar-refractivity contribution in [2.45, 2.75) is 77.6 Å². The van der Waals surface area contributed by atoms with Gasteiger partial charge in [0.25, 0.3) is 0 Å². The minimum absolute atomic E-state index is 0.257. The summed E-state index contributed by atoms with van der Waals surface area (Å²) in [6, 6.07) is 22.3. The molecule has 4 aromatic rings.